The Bertz CT molecular complexity index is 957. The first-order valence-corrected chi connectivity index (χ1v) is 9.70. The van der Waals surface area contributed by atoms with E-state index in [2.05, 4.69) is 10.6 Å². The third kappa shape index (κ3) is 5.38. The van der Waals surface area contributed by atoms with Crippen molar-refractivity contribution in [2.24, 2.45) is 0 Å². The number of ether oxygens (including phenoxy) is 1. The predicted molar refractivity (Wildman–Crippen MR) is 96.7 cm³/mol. The average molecular weight is 390 g/mol. The first-order chi connectivity index (χ1) is 12.7. The molecule has 2 aromatic rings. The molecule has 142 valence electrons. The number of carbonyl (C=O) groups excluding carboxylic acids is 3. The summed E-state index contributed by atoms with van der Waals surface area (Å²) in [6, 6.07) is 12.7. The van der Waals surface area contributed by atoms with Crippen molar-refractivity contribution in [3.63, 3.8) is 0 Å². The van der Waals surface area contributed by atoms with Crippen LogP contribution in [0.5, 0.6) is 0 Å². The Morgan fingerprint density at radius 1 is 1.00 bits per heavy atom. The average Bonchev–Trinajstić information content (AvgIpc) is 2.65. The van der Waals surface area contributed by atoms with Gasteiger partial charge in [0.05, 0.1) is 10.5 Å². The Morgan fingerprint density at radius 2 is 1.67 bits per heavy atom. The van der Waals surface area contributed by atoms with Crippen LogP contribution >= 0.6 is 0 Å². The molecule has 2 rings (SSSR count). The highest BCUT2D eigenvalue weighted by Gasteiger charge is 2.27. The minimum atomic E-state index is -3.52. The van der Waals surface area contributed by atoms with Crippen molar-refractivity contribution in [2.75, 3.05) is 13.3 Å². The molecule has 0 aliphatic heterocycles. The zero-order valence-electron chi connectivity index (χ0n) is 14.6. The van der Waals surface area contributed by atoms with Gasteiger partial charge >= 0.3 is 12.0 Å². The van der Waals surface area contributed by atoms with E-state index in [1.54, 1.807) is 30.3 Å². The number of hydrogen-bond acceptors (Lipinski definition) is 6. The van der Waals surface area contributed by atoms with Crippen LogP contribution < -0.4 is 10.6 Å². The molecular formula is C18H18N2O6S. The van der Waals surface area contributed by atoms with Gasteiger partial charge in [-0.3, -0.25) is 10.1 Å². The fraction of sp³-hybridized carbons (Fsp3) is 0.167. The van der Waals surface area contributed by atoms with Crippen LogP contribution in [-0.2, 0) is 19.4 Å². The van der Waals surface area contributed by atoms with Crippen molar-refractivity contribution in [2.45, 2.75) is 11.0 Å². The maximum atomic E-state index is 12.5. The van der Waals surface area contributed by atoms with E-state index in [-0.39, 0.29) is 10.5 Å². The number of imide groups is 1. The Morgan fingerprint density at radius 3 is 2.26 bits per heavy atom. The number of rotatable bonds is 5. The summed E-state index contributed by atoms with van der Waals surface area (Å²) < 4.78 is 28.6. The Kier molecular flexibility index (Phi) is 6.30. The lowest BCUT2D eigenvalue weighted by atomic mass is 10.1. The first kappa shape index (κ1) is 20.1. The van der Waals surface area contributed by atoms with Gasteiger partial charge in [-0.25, -0.2) is 18.0 Å². The van der Waals surface area contributed by atoms with E-state index in [1.165, 1.54) is 25.2 Å². The highest BCUT2D eigenvalue weighted by molar-refractivity contribution is 7.90. The van der Waals surface area contributed by atoms with Crippen LogP contribution in [0.1, 0.15) is 22.0 Å². The van der Waals surface area contributed by atoms with E-state index in [0.29, 0.717) is 5.56 Å². The largest absolute Gasteiger partial charge is 0.444 e. The molecule has 0 heterocycles. The molecule has 9 heteroatoms. The summed E-state index contributed by atoms with van der Waals surface area (Å²) in [5.74, 6) is -1.74. The molecule has 0 saturated heterocycles. The highest BCUT2D eigenvalue weighted by atomic mass is 32.2. The van der Waals surface area contributed by atoms with Crippen molar-refractivity contribution in [1.29, 1.82) is 0 Å². The van der Waals surface area contributed by atoms with Crippen LogP contribution in [-0.4, -0.2) is 39.6 Å². The molecule has 0 spiro atoms. The molecule has 0 fully saturated rings. The van der Waals surface area contributed by atoms with Gasteiger partial charge in [-0.2, -0.15) is 0 Å². The zero-order valence-corrected chi connectivity index (χ0v) is 15.4. The summed E-state index contributed by atoms with van der Waals surface area (Å²) >= 11 is 0. The number of sulfone groups is 1. The zero-order chi connectivity index (χ0) is 20.0. The monoisotopic (exact) mass is 390 g/mol. The minimum Gasteiger partial charge on any atom is -0.444 e. The highest BCUT2D eigenvalue weighted by Crippen LogP contribution is 2.21. The molecule has 2 aromatic carbocycles. The second-order valence-electron chi connectivity index (χ2n) is 5.56. The van der Waals surface area contributed by atoms with Crippen LogP contribution in [0.4, 0.5) is 4.79 Å². The number of urea groups is 1. The van der Waals surface area contributed by atoms with Crippen LogP contribution in [0.15, 0.2) is 59.5 Å². The molecule has 8 nitrogen and oxygen atoms in total. The summed E-state index contributed by atoms with van der Waals surface area (Å²) in [6.07, 6.45) is -0.376. The third-order valence-electron chi connectivity index (χ3n) is 3.53. The van der Waals surface area contributed by atoms with E-state index in [4.69, 9.17) is 4.74 Å². The second-order valence-corrected chi connectivity index (χ2v) is 7.58. The molecule has 27 heavy (non-hydrogen) atoms. The van der Waals surface area contributed by atoms with Gasteiger partial charge in [0.25, 0.3) is 5.91 Å². The Hall–Kier alpha value is -3.20. The molecule has 0 saturated carbocycles. The van der Waals surface area contributed by atoms with Crippen LogP contribution in [0.2, 0.25) is 0 Å². The molecule has 0 bridgehead atoms. The van der Waals surface area contributed by atoms with Crippen molar-refractivity contribution >= 4 is 27.7 Å². The molecule has 0 radical (unpaired) electrons. The molecule has 1 atom stereocenters. The van der Waals surface area contributed by atoms with Gasteiger partial charge in [-0.05, 0) is 18.2 Å². The predicted octanol–water partition coefficient (Wildman–Crippen LogP) is 1.44. The van der Waals surface area contributed by atoms with E-state index < -0.39 is 33.8 Å². The SMILES string of the molecule is CNC(=O)NC(=O)[C@@H](OC(=O)c1cccc(S(C)(=O)=O)c1)c1ccccc1. The van der Waals surface area contributed by atoms with Gasteiger partial charge in [0, 0.05) is 18.9 Å². The van der Waals surface area contributed by atoms with Crippen LogP contribution in [0, 0.1) is 0 Å². The maximum Gasteiger partial charge on any atom is 0.339 e. The number of benzene rings is 2. The number of hydrogen-bond donors (Lipinski definition) is 2. The quantitative estimate of drug-likeness (QED) is 0.746. The van der Waals surface area contributed by atoms with Gasteiger partial charge in [-0.1, -0.05) is 36.4 Å². The maximum absolute atomic E-state index is 12.5. The summed E-state index contributed by atoms with van der Waals surface area (Å²) in [7, 11) is -2.18. The standard InChI is InChI=1S/C18H18N2O6S/c1-19-18(23)20-16(21)15(12-7-4-3-5-8-12)26-17(22)13-9-6-10-14(11-13)27(2,24)25/h3-11,15H,1-2H3,(H2,19,20,21,23)/t15-/m0/s1. The van der Waals surface area contributed by atoms with E-state index in [1.807, 2.05) is 0 Å². The number of amides is 3. The smallest absolute Gasteiger partial charge is 0.339 e. The lowest BCUT2D eigenvalue weighted by molar-refractivity contribution is -0.129. The van der Waals surface area contributed by atoms with E-state index in [9.17, 15) is 22.8 Å². The molecular weight excluding hydrogens is 372 g/mol. The normalized spacial score (nSPS) is 11.9. The third-order valence-corrected chi connectivity index (χ3v) is 4.64. The summed E-state index contributed by atoms with van der Waals surface area (Å²) in [4.78, 5) is 36.2. The summed E-state index contributed by atoms with van der Waals surface area (Å²) in [5.41, 5.74) is 0.318. The van der Waals surface area contributed by atoms with Gasteiger partial charge in [-0.15, -0.1) is 0 Å². The fourth-order valence-corrected chi connectivity index (χ4v) is 2.84. The topological polar surface area (TPSA) is 119 Å². The van der Waals surface area contributed by atoms with Gasteiger partial charge in [0.1, 0.15) is 0 Å². The molecule has 0 aromatic heterocycles. The second kappa shape index (κ2) is 8.45. The van der Waals surface area contributed by atoms with Gasteiger partial charge in [0.15, 0.2) is 9.84 Å². The Labute approximate surface area is 156 Å². The molecule has 0 aliphatic rings. The minimum absolute atomic E-state index is 0.0356. The summed E-state index contributed by atoms with van der Waals surface area (Å²) in [5, 5.41) is 4.29. The first-order valence-electron chi connectivity index (χ1n) is 7.81. The molecule has 2 N–H and O–H groups in total. The van der Waals surface area contributed by atoms with E-state index >= 15 is 0 Å². The van der Waals surface area contributed by atoms with Crippen molar-refractivity contribution in [1.82, 2.24) is 10.6 Å². The number of nitrogens with one attached hydrogen (secondary N) is 2. The van der Waals surface area contributed by atoms with Crippen LogP contribution in [0.25, 0.3) is 0 Å². The molecule has 0 unspecified atom stereocenters. The van der Waals surface area contributed by atoms with Crippen molar-refractivity contribution in [3.8, 4) is 0 Å². The number of carbonyl (C=O) groups is 3. The lowest BCUT2D eigenvalue weighted by Gasteiger charge is -2.17. The van der Waals surface area contributed by atoms with Crippen molar-refractivity contribution < 1.29 is 27.5 Å². The number of esters is 1. The lowest BCUT2D eigenvalue weighted by Crippen LogP contribution is -2.41. The molecule has 0 aliphatic carbocycles. The molecule has 3 amide bonds. The van der Waals surface area contributed by atoms with Crippen LogP contribution in [0.3, 0.4) is 0 Å². The Balaban J connectivity index is 2.31. The van der Waals surface area contributed by atoms with Gasteiger partial charge in [0.2, 0.25) is 6.10 Å². The van der Waals surface area contributed by atoms with E-state index in [0.717, 1.165) is 12.3 Å². The van der Waals surface area contributed by atoms with Crippen molar-refractivity contribution in [3.05, 3.63) is 65.7 Å². The summed E-state index contributed by atoms with van der Waals surface area (Å²) in [6.45, 7) is 0. The fourth-order valence-electron chi connectivity index (χ4n) is 2.17. The van der Waals surface area contributed by atoms with Gasteiger partial charge < -0.3 is 10.1 Å².